The van der Waals surface area contributed by atoms with Crippen LogP contribution in [0.15, 0.2) is 60.7 Å². The van der Waals surface area contributed by atoms with Gasteiger partial charge in [0.05, 0.1) is 0 Å². The Morgan fingerprint density at radius 1 is 1.03 bits per heavy atom. The number of carbonyl (C=O) groups excluding carboxylic acids is 1. The van der Waals surface area contributed by atoms with E-state index in [0.717, 1.165) is 17.5 Å². The van der Waals surface area contributed by atoms with E-state index in [1.165, 1.54) is 0 Å². The van der Waals surface area contributed by atoms with E-state index < -0.39 is 5.97 Å². The summed E-state index contributed by atoms with van der Waals surface area (Å²) in [5, 5.41) is 0. The number of halogens is 1. The quantitative estimate of drug-likeness (QED) is 0.336. The molecule has 1 heterocycles. The Labute approximate surface area is 188 Å². The molecule has 0 saturated carbocycles. The van der Waals surface area contributed by atoms with Crippen molar-refractivity contribution in [2.45, 2.75) is 52.9 Å². The summed E-state index contributed by atoms with van der Waals surface area (Å²) in [4.78, 5) is 15.4. The maximum Gasteiger partial charge on any atom is 0.347 e. The van der Waals surface area contributed by atoms with Crippen LogP contribution in [0.4, 0.5) is 4.39 Å². The molecule has 1 atom stereocenters. The lowest BCUT2D eigenvalue weighted by atomic mass is 9.98. The number of fused-ring (bicyclic) bond motifs is 1. The van der Waals surface area contributed by atoms with Gasteiger partial charge in [0.2, 0.25) is 0 Å². The fourth-order valence-corrected chi connectivity index (χ4v) is 4.07. The second-order valence-corrected chi connectivity index (χ2v) is 8.24. The Hall–Kier alpha value is -3.18. The highest BCUT2D eigenvalue weighted by Gasteiger charge is 2.34. The molecule has 0 radical (unpaired) electrons. The topological polar surface area (TPSA) is 38.8 Å². The number of esters is 1. The Kier molecular flexibility index (Phi) is 6.56. The van der Waals surface area contributed by atoms with Gasteiger partial charge >= 0.3 is 5.97 Å². The first-order chi connectivity index (χ1) is 15.5. The van der Waals surface area contributed by atoms with E-state index in [1.807, 2.05) is 36.4 Å². The van der Waals surface area contributed by atoms with Crippen molar-refractivity contribution in [2.75, 3.05) is 0 Å². The van der Waals surface area contributed by atoms with Crippen molar-refractivity contribution >= 4 is 5.97 Å². The predicted molar refractivity (Wildman–Crippen MR) is 122 cm³/mol. The Balaban J connectivity index is 1.75. The largest absolute Gasteiger partial charge is 0.488 e. The van der Waals surface area contributed by atoms with Gasteiger partial charge < -0.3 is 9.47 Å². The van der Waals surface area contributed by atoms with Crippen molar-refractivity contribution in [3.8, 4) is 11.5 Å². The van der Waals surface area contributed by atoms with Gasteiger partial charge in [-0.2, -0.15) is 0 Å². The van der Waals surface area contributed by atoms with Crippen molar-refractivity contribution in [3.05, 3.63) is 94.3 Å². The van der Waals surface area contributed by atoms with Gasteiger partial charge in [0.15, 0.2) is 0 Å². The molecule has 4 nitrogen and oxygen atoms in total. The van der Waals surface area contributed by atoms with Crippen molar-refractivity contribution in [1.82, 2.24) is 4.90 Å². The predicted octanol–water partition coefficient (Wildman–Crippen LogP) is 6.05. The fraction of sp³-hybridized carbons (Fsp3) is 0.296. The second kappa shape index (κ2) is 9.53. The third kappa shape index (κ3) is 4.39. The normalized spacial score (nSPS) is 14.1. The minimum atomic E-state index is -0.611. The smallest absolute Gasteiger partial charge is 0.347 e. The summed E-state index contributed by atoms with van der Waals surface area (Å²) < 4.78 is 27.3. The molecule has 0 spiro atoms. The average Bonchev–Trinajstić information content (AvgIpc) is 3.27. The molecule has 0 unspecified atom stereocenters. The molecule has 5 heteroatoms. The highest BCUT2D eigenvalue weighted by atomic mass is 19.1. The van der Waals surface area contributed by atoms with E-state index in [-0.39, 0.29) is 23.6 Å². The Bertz CT molecular complexity index is 1100. The zero-order valence-corrected chi connectivity index (χ0v) is 18.7. The fourth-order valence-electron chi connectivity index (χ4n) is 4.07. The number of nitrogens with zero attached hydrogens (tertiary/aromatic N) is 1. The molecule has 0 aliphatic carbocycles. The Morgan fingerprint density at radius 3 is 2.31 bits per heavy atom. The van der Waals surface area contributed by atoms with Crippen LogP contribution >= 0.6 is 0 Å². The molecule has 1 aliphatic heterocycles. The van der Waals surface area contributed by atoms with Gasteiger partial charge in [0, 0.05) is 35.8 Å². The maximum atomic E-state index is 15.5. The minimum Gasteiger partial charge on any atom is -0.488 e. The first-order valence-corrected chi connectivity index (χ1v) is 11.0. The van der Waals surface area contributed by atoms with Gasteiger partial charge in [0.25, 0.3) is 0 Å². The van der Waals surface area contributed by atoms with E-state index >= 15 is 4.39 Å². The molecule has 0 N–H and O–H groups in total. The summed E-state index contributed by atoms with van der Waals surface area (Å²) in [6.07, 6.45) is 0.956. The van der Waals surface area contributed by atoms with Crippen LogP contribution in [0.3, 0.4) is 0 Å². The van der Waals surface area contributed by atoms with Gasteiger partial charge in [-0.3, -0.25) is 4.90 Å². The minimum absolute atomic E-state index is 0.159. The number of benzene rings is 3. The molecule has 166 valence electrons. The molecule has 0 bridgehead atoms. The SMILES string of the molecule is CC[C@H](C)N1Cc2c(F)c(C)c(C(=O)Oc3ccccc3)c(OCc3ccccc3)c2C1. The molecule has 0 amide bonds. The van der Waals surface area contributed by atoms with Crippen LogP contribution in [0.1, 0.15) is 52.9 Å². The van der Waals surface area contributed by atoms with Crippen LogP contribution in [0.25, 0.3) is 0 Å². The molecule has 3 aromatic rings. The summed E-state index contributed by atoms with van der Waals surface area (Å²) in [6.45, 7) is 7.20. The third-order valence-corrected chi connectivity index (χ3v) is 6.16. The molecule has 0 fully saturated rings. The molecule has 0 saturated heterocycles. The molecule has 3 aromatic carbocycles. The number of hydrogen-bond donors (Lipinski definition) is 0. The summed E-state index contributed by atoms with van der Waals surface area (Å²) >= 11 is 0. The van der Waals surface area contributed by atoms with Crippen LogP contribution in [-0.4, -0.2) is 16.9 Å². The zero-order chi connectivity index (χ0) is 22.7. The number of carbonyl (C=O) groups is 1. The van der Waals surface area contributed by atoms with E-state index in [9.17, 15) is 4.79 Å². The van der Waals surface area contributed by atoms with Crippen molar-refractivity contribution in [2.24, 2.45) is 0 Å². The highest BCUT2D eigenvalue weighted by Crippen LogP contribution is 2.40. The van der Waals surface area contributed by atoms with Crippen LogP contribution < -0.4 is 9.47 Å². The van der Waals surface area contributed by atoms with Crippen LogP contribution in [0.2, 0.25) is 0 Å². The van der Waals surface area contributed by atoms with Crippen molar-refractivity contribution < 1.29 is 18.7 Å². The first-order valence-electron chi connectivity index (χ1n) is 11.0. The summed E-state index contributed by atoms with van der Waals surface area (Å²) in [7, 11) is 0. The average molecular weight is 434 g/mol. The second-order valence-electron chi connectivity index (χ2n) is 8.24. The van der Waals surface area contributed by atoms with Gasteiger partial charge in [-0.25, -0.2) is 9.18 Å². The summed E-state index contributed by atoms with van der Waals surface area (Å²) in [5.74, 6) is -0.124. The molecule has 4 rings (SSSR count). The number of para-hydroxylation sites is 1. The molecule has 0 aromatic heterocycles. The van der Waals surface area contributed by atoms with E-state index in [1.54, 1.807) is 31.2 Å². The lowest BCUT2D eigenvalue weighted by molar-refractivity contribution is 0.0728. The Morgan fingerprint density at radius 2 is 1.66 bits per heavy atom. The van der Waals surface area contributed by atoms with Crippen LogP contribution in [-0.2, 0) is 19.7 Å². The van der Waals surface area contributed by atoms with Crippen LogP contribution in [0.5, 0.6) is 11.5 Å². The molecule has 1 aliphatic rings. The van der Waals surface area contributed by atoms with E-state index in [2.05, 4.69) is 18.7 Å². The van der Waals surface area contributed by atoms with Crippen molar-refractivity contribution in [1.29, 1.82) is 0 Å². The van der Waals surface area contributed by atoms with E-state index in [0.29, 0.717) is 36.2 Å². The molecule has 32 heavy (non-hydrogen) atoms. The number of hydrogen-bond acceptors (Lipinski definition) is 4. The van der Waals surface area contributed by atoms with Gasteiger partial charge in [-0.15, -0.1) is 0 Å². The number of rotatable bonds is 7. The molecular weight excluding hydrogens is 405 g/mol. The molecular formula is C27H28FNO3. The maximum absolute atomic E-state index is 15.5. The number of ether oxygens (including phenoxy) is 2. The van der Waals surface area contributed by atoms with Crippen molar-refractivity contribution in [3.63, 3.8) is 0 Å². The summed E-state index contributed by atoms with van der Waals surface area (Å²) in [5.41, 5.74) is 2.75. The lowest BCUT2D eigenvalue weighted by Crippen LogP contribution is -2.27. The lowest BCUT2D eigenvalue weighted by Gasteiger charge is -2.22. The first kappa shape index (κ1) is 22.0. The third-order valence-electron chi connectivity index (χ3n) is 6.16. The van der Waals surface area contributed by atoms with Gasteiger partial charge in [-0.05, 0) is 38.0 Å². The van der Waals surface area contributed by atoms with Crippen LogP contribution in [0, 0.1) is 12.7 Å². The zero-order valence-electron chi connectivity index (χ0n) is 18.7. The monoisotopic (exact) mass is 433 g/mol. The standard InChI is InChI=1S/C27H28FNO3/c1-4-18(2)29-15-22-23(16-29)26(31-17-20-11-7-5-8-12-20)24(19(3)25(22)28)27(30)32-21-13-9-6-10-14-21/h5-14,18H,4,15-17H2,1-3H3/t18-/m0/s1. The van der Waals surface area contributed by atoms with Gasteiger partial charge in [-0.1, -0.05) is 55.5 Å². The highest BCUT2D eigenvalue weighted by molar-refractivity contribution is 5.96. The summed E-state index contributed by atoms with van der Waals surface area (Å²) in [6, 6.07) is 18.9. The van der Waals surface area contributed by atoms with Gasteiger partial charge in [0.1, 0.15) is 29.5 Å². The van der Waals surface area contributed by atoms with E-state index in [4.69, 9.17) is 9.47 Å².